The molecule has 3 aromatic heterocycles. The summed E-state index contributed by atoms with van der Waals surface area (Å²) < 4.78 is 3.34. The van der Waals surface area contributed by atoms with Crippen molar-refractivity contribution in [3.05, 3.63) is 76.7 Å². The minimum absolute atomic E-state index is 0.183. The van der Waals surface area contributed by atoms with E-state index in [0.717, 1.165) is 31.0 Å². The lowest BCUT2D eigenvalue weighted by Crippen LogP contribution is -2.27. The summed E-state index contributed by atoms with van der Waals surface area (Å²) in [6.07, 6.45) is 4.26. The zero-order chi connectivity index (χ0) is 24.5. The molecule has 0 radical (unpaired) electrons. The molecule has 0 aliphatic carbocycles. The number of nitrogens with one attached hydrogen (secondary N) is 2. The summed E-state index contributed by atoms with van der Waals surface area (Å²) >= 11 is 0. The first-order chi connectivity index (χ1) is 17.0. The van der Waals surface area contributed by atoms with Crippen LogP contribution in [0.3, 0.4) is 0 Å². The lowest BCUT2D eigenvalue weighted by molar-refractivity contribution is 0.596. The van der Waals surface area contributed by atoms with E-state index in [1.807, 2.05) is 31.3 Å². The first-order valence-corrected chi connectivity index (χ1v) is 11.9. The number of hydrogen-bond acceptors (Lipinski definition) is 7. The summed E-state index contributed by atoms with van der Waals surface area (Å²) in [4.78, 5) is 29.3. The summed E-state index contributed by atoms with van der Waals surface area (Å²) in [6, 6.07) is 12.4. The highest BCUT2D eigenvalue weighted by Crippen LogP contribution is 2.23. The van der Waals surface area contributed by atoms with Gasteiger partial charge in [0.1, 0.15) is 11.2 Å². The maximum atomic E-state index is 13.2. The third kappa shape index (κ3) is 4.30. The largest absolute Gasteiger partial charge is 0.357 e. The fraction of sp³-hybridized carbons (Fsp3) is 0.308. The molecular formula is C26H30N8O. The Morgan fingerprint density at radius 2 is 2.09 bits per heavy atom. The van der Waals surface area contributed by atoms with Crippen LogP contribution in [0.15, 0.2) is 60.0 Å². The Labute approximate surface area is 204 Å². The van der Waals surface area contributed by atoms with E-state index >= 15 is 0 Å². The molecule has 5 rings (SSSR count). The van der Waals surface area contributed by atoms with Gasteiger partial charge >= 0.3 is 0 Å². The molecule has 180 valence electrons. The van der Waals surface area contributed by atoms with Gasteiger partial charge in [-0.05, 0) is 62.2 Å². The Morgan fingerprint density at radius 3 is 2.89 bits per heavy atom. The zero-order valence-electron chi connectivity index (χ0n) is 20.3. The minimum Gasteiger partial charge on any atom is -0.357 e. The van der Waals surface area contributed by atoms with E-state index < -0.39 is 0 Å². The molecule has 1 aliphatic rings. The number of nitrogens with zero attached hydrogens (tertiary/aromatic N) is 6. The summed E-state index contributed by atoms with van der Waals surface area (Å²) in [5.74, 6) is 1.84. The van der Waals surface area contributed by atoms with Crippen molar-refractivity contribution in [2.75, 3.05) is 23.8 Å². The van der Waals surface area contributed by atoms with Gasteiger partial charge in [-0.15, -0.1) is 6.58 Å². The van der Waals surface area contributed by atoms with Gasteiger partial charge in [0.25, 0.3) is 5.56 Å². The molecule has 0 amide bonds. The molecule has 1 aliphatic heterocycles. The second-order valence-electron chi connectivity index (χ2n) is 9.01. The highest BCUT2D eigenvalue weighted by atomic mass is 16.1. The van der Waals surface area contributed by atoms with Crippen molar-refractivity contribution < 1.29 is 0 Å². The predicted octanol–water partition coefficient (Wildman–Crippen LogP) is 3.40. The summed E-state index contributed by atoms with van der Waals surface area (Å²) in [5, 5.41) is 7.13. The number of hydrogen-bond donors (Lipinski definition) is 2. The second-order valence-corrected chi connectivity index (χ2v) is 9.01. The van der Waals surface area contributed by atoms with Gasteiger partial charge in [-0.3, -0.25) is 4.79 Å². The molecule has 0 fully saturated rings. The Balaban J connectivity index is 1.60. The maximum Gasteiger partial charge on any atom is 0.278 e. The summed E-state index contributed by atoms with van der Waals surface area (Å²) in [7, 11) is 2.00. The van der Waals surface area contributed by atoms with Crippen LogP contribution in [0, 0.1) is 0 Å². The molecule has 0 bridgehead atoms. The number of fused-ring (bicyclic) bond motifs is 2. The van der Waals surface area contributed by atoms with E-state index in [9.17, 15) is 4.79 Å². The summed E-state index contributed by atoms with van der Waals surface area (Å²) in [6.45, 7) is 10.2. The van der Waals surface area contributed by atoms with Crippen LogP contribution in [0.5, 0.6) is 0 Å². The highest BCUT2D eigenvalue weighted by Gasteiger charge is 2.19. The Kier molecular flexibility index (Phi) is 6.08. The van der Waals surface area contributed by atoms with Crippen LogP contribution in [-0.4, -0.2) is 43.9 Å². The van der Waals surface area contributed by atoms with E-state index in [-0.39, 0.29) is 11.6 Å². The van der Waals surface area contributed by atoms with Crippen molar-refractivity contribution in [2.24, 2.45) is 0 Å². The van der Waals surface area contributed by atoms with Crippen LogP contribution in [0.1, 0.15) is 25.0 Å². The van der Waals surface area contributed by atoms with E-state index in [4.69, 9.17) is 9.97 Å². The molecule has 9 nitrogen and oxygen atoms in total. The molecule has 35 heavy (non-hydrogen) atoms. The second kappa shape index (κ2) is 9.34. The van der Waals surface area contributed by atoms with Crippen molar-refractivity contribution in [3.8, 4) is 5.82 Å². The average molecular weight is 471 g/mol. The molecular weight excluding hydrogens is 440 g/mol. The van der Waals surface area contributed by atoms with Gasteiger partial charge in [0.05, 0.1) is 6.54 Å². The lowest BCUT2D eigenvalue weighted by Gasteiger charge is -2.23. The highest BCUT2D eigenvalue weighted by molar-refractivity contribution is 5.77. The minimum atomic E-state index is -0.183. The van der Waals surface area contributed by atoms with Crippen molar-refractivity contribution in [1.29, 1.82) is 0 Å². The number of pyridine rings is 1. The molecule has 0 unspecified atom stereocenters. The van der Waals surface area contributed by atoms with Crippen LogP contribution in [-0.2, 0) is 19.5 Å². The number of benzene rings is 1. The molecule has 0 saturated heterocycles. The van der Waals surface area contributed by atoms with E-state index in [1.54, 1.807) is 21.6 Å². The first-order valence-electron chi connectivity index (χ1n) is 11.9. The molecule has 0 spiro atoms. The SMILES string of the molecule is C=CCn1c(=O)c2cnc(Nc3ccc4c(c3)CCNC4)nc2n1-c1cccc(N(C)C(C)C)n1. The van der Waals surface area contributed by atoms with Crippen LogP contribution in [0.4, 0.5) is 17.5 Å². The van der Waals surface area contributed by atoms with Gasteiger partial charge < -0.3 is 15.5 Å². The molecule has 4 aromatic rings. The zero-order valence-corrected chi connectivity index (χ0v) is 20.3. The van der Waals surface area contributed by atoms with Crippen molar-refractivity contribution in [3.63, 3.8) is 0 Å². The Hall–Kier alpha value is -3.98. The predicted molar refractivity (Wildman–Crippen MR) is 140 cm³/mol. The van der Waals surface area contributed by atoms with E-state index in [0.29, 0.717) is 29.3 Å². The summed E-state index contributed by atoms with van der Waals surface area (Å²) in [5.41, 5.74) is 3.86. The maximum absolute atomic E-state index is 13.2. The van der Waals surface area contributed by atoms with Crippen LogP contribution in [0.25, 0.3) is 16.9 Å². The van der Waals surface area contributed by atoms with Gasteiger partial charge in [0, 0.05) is 31.5 Å². The van der Waals surface area contributed by atoms with E-state index in [2.05, 4.69) is 53.1 Å². The van der Waals surface area contributed by atoms with Crippen LogP contribution in [0.2, 0.25) is 0 Å². The normalized spacial score (nSPS) is 13.1. The standard InChI is InChI=1S/C26H30N8O/c1-5-13-33-25(35)21-16-28-26(29-20-10-9-19-15-27-12-11-18(19)14-20)31-24(21)34(33)23-8-6-7-22(30-23)32(4)17(2)3/h5-10,14,16-17,27H,1,11-13,15H2,2-4H3,(H,28,29,31). The lowest BCUT2D eigenvalue weighted by atomic mass is 10.0. The van der Waals surface area contributed by atoms with Gasteiger partial charge in [0.15, 0.2) is 11.5 Å². The smallest absolute Gasteiger partial charge is 0.278 e. The average Bonchev–Trinajstić information content (AvgIpc) is 3.14. The third-order valence-electron chi connectivity index (χ3n) is 6.40. The number of aromatic nitrogens is 5. The molecule has 9 heteroatoms. The third-order valence-corrected chi connectivity index (χ3v) is 6.40. The number of allylic oxidation sites excluding steroid dienone is 1. The van der Waals surface area contributed by atoms with Gasteiger partial charge in [0.2, 0.25) is 5.95 Å². The van der Waals surface area contributed by atoms with Gasteiger partial charge in [-0.2, -0.15) is 4.98 Å². The molecule has 1 aromatic carbocycles. The fourth-order valence-corrected chi connectivity index (χ4v) is 4.28. The van der Waals surface area contributed by atoms with Crippen LogP contribution < -0.4 is 21.1 Å². The topological polar surface area (TPSA) is 92.9 Å². The Morgan fingerprint density at radius 1 is 1.23 bits per heavy atom. The molecule has 0 atom stereocenters. The molecule has 4 heterocycles. The molecule has 2 N–H and O–H groups in total. The fourth-order valence-electron chi connectivity index (χ4n) is 4.28. The van der Waals surface area contributed by atoms with Crippen molar-refractivity contribution >= 4 is 28.5 Å². The monoisotopic (exact) mass is 470 g/mol. The quantitative estimate of drug-likeness (QED) is 0.400. The number of anilines is 3. The van der Waals surface area contributed by atoms with Gasteiger partial charge in [-0.25, -0.2) is 19.3 Å². The van der Waals surface area contributed by atoms with Gasteiger partial charge in [-0.1, -0.05) is 18.2 Å². The van der Waals surface area contributed by atoms with Crippen molar-refractivity contribution in [1.82, 2.24) is 29.6 Å². The van der Waals surface area contributed by atoms with E-state index in [1.165, 1.54) is 11.1 Å². The van der Waals surface area contributed by atoms with Crippen molar-refractivity contribution in [2.45, 2.75) is 39.4 Å². The molecule has 0 saturated carbocycles. The Bertz CT molecular complexity index is 1450. The first kappa shape index (κ1) is 22.8. The number of rotatable bonds is 7. The van der Waals surface area contributed by atoms with Crippen LogP contribution >= 0.6 is 0 Å².